The van der Waals surface area contributed by atoms with Crippen LogP contribution in [0.5, 0.6) is 0 Å². The summed E-state index contributed by atoms with van der Waals surface area (Å²) >= 11 is 0. The summed E-state index contributed by atoms with van der Waals surface area (Å²) in [6.07, 6.45) is 0. The second-order valence-electron chi connectivity index (χ2n) is 5.69. The maximum atomic E-state index is 11.9. The average Bonchev–Trinajstić information content (AvgIpc) is 2.55. The fraction of sp³-hybridized carbons (Fsp3) is 0.909. The predicted octanol–water partition coefficient (Wildman–Crippen LogP) is 0.696. The molecule has 2 atom stereocenters. The molecule has 3 nitrogen and oxygen atoms in total. The topological polar surface area (TPSA) is 46.3 Å². The summed E-state index contributed by atoms with van der Waals surface area (Å²) in [7, 11) is 0. The fourth-order valence-corrected chi connectivity index (χ4v) is 2.64. The van der Waals surface area contributed by atoms with Crippen LogP contribution in [-0.2, 0) is 4.79 Å². The lowest BCUT2D eigenvalue weighted by atomic mass is 9.94. The lowest BCUT2D eigenvalue weighted by Crippen LogP contribution is -2.40. The standard InChI is InChI=1S/C11H20N2O/c1-11(2,3)10(14)13-5-8-7(4-12)9(8)6-13/h7-9H,4-6,12H2,1-3H3. The highest BCUT2D eigenvalue weighted by atomic mass is 16.2. The van der Waals surface area contributed by atoms with E-state index < -0.39 is 0 Å². The molecule has 2 unspecified atom stereocenters. The van der Waals surface area contributed by atoms with Gasteiger partial charge < -0.3 is 10.6 Å². The van der Waals surface area contributed by atoms with E-state index in [1.807, 2.05) is 25.7 Å². The number of carbonyl (C=O) groups is 1. The number of amides is 1. The van der Waals surface area contributed by atoms with Gasteiger partial charge in [-0.1, -0.05) is 20.8 Å². The molecule has 1 aliphatic heterocycles. The van der Waals surface area contributed by atoms with E-state index >= 15 is 0 Å². The zero-order valence-corrected chi connectivity index (χ0v) is 9.29. The first-order chi connectivity index (χ1) is 6.45. The van der Waals surface area contributed by atoms with Crippen LogP contribution in [0, 0.1) is 23.2 Å². The third-order valence-corrected chi connectivity index (χ3v) is 3.57. The van der Waals surface area contributed by atoms with Crippen LogP contribution in [0.15, 0.2) is 0 Å². The highest BCUT2D eigenvalue weighted by Gasteiger charge is 2.56. The molecule has 0 bridgehead atoms. The first kappa shape index (κ1) is 9.97. The Morgan fingerprint density at radius 2 is 1.86 bits per heavy atom. The molecule has 1 saturated heterocycles. The van der Waals surface area contributed by atoms with Gasteiger partial charge in [-0.15, -0.1) is 0 Å². The molecule has 14 heavy (non-hydrogen) atoms. The maximum Gasteiger partial charge on any atom is 0.227 e. The van der Waals surface area contributed by atoms with Crippen molar-refractivity contribution < 1.29 is 4.79 Å². The molecule has 2 fully saturated rings. The molecule has 0 aromatic heterocycles. The van der Waals surface area contributed by atoms with Crippen LogP contribution in [0.2, 0.25) is 0 Å². The highest BCUT2D eigenvalue weighted by molar-refractivity contribution is 5.82. The number of hydrogen-bond acceptors (Lipinski definition) is 2. The van der Waals surface area contributed by atoms with Crippen molar-refractivity contribution in [3.63, 3.8) is 0 Å². The van der Waals surface area contributed by atoms with E-state index in [1.54, 1.807) is 0 Å². The lowest BCUT2D eigenvalue weighted by Gasteiger charge is -2.27. The number of carbonyl (C=O) groups excluding carboxylic acids is 1. The molecule has 2 rings (SSSR count). The van der Waals surface area contributed by atoms with Gasteiger partial charge in [0.2, 0.25) is 5.91 Å². The molecule has 1 saturated carbocycles. The van der Waals surface area contributed by atoms with E-state index in [4.69, 9.17) is 5.73 Å². The number of likely N-dealkylation sites (tertiary alicyclic amines) is 1. The largest absolute Gasteiger partial charge is 0.342 e. The highest BCUT2D eigenvalue weighted by Crippen LogP contribution is 2.51. The minimum Gasteiger partial charge on any atom is -0.342 e. The molecule has 0 radical (unpaired) electrons. The molecule has 80 valence electrons. The monoisotopic (exact) mass is 196 g/mol. The maximum absolute atomic E-state index is 11.9. The summed E-state index contributed by atoms with van der Waals surface area (Å²) in [6, 6.07) is 0. The van der Waals surface area contributed by atoms with Crippen LogP contribution in [0.25, 0.3) is 0 Å². The Balaban J connectivity index is 1.91. The molecule has 3 heteroatoms. The van der Waals surface area contributed by atoms with Gasteiger partial charge in [0, 0.05) is 18.5 Å². The smallest absolute Gasteiger partial charge is 0.227 e. The summed E-state index contributed by atoms with van der Waals surface area (Å²) < 4.78 is 0. The van der Waals surface area contributed by atoms with E-state index in [-0.39, 0.29) is 5.41 Å². The van der Waals surface area contributed by atoms with Crippen molar-refractivity contribution in [3.8, 4) is 0 Å². The third kappa shape index (κ3) is 1.44. The van der Waals surface area contributed by atoms with Crippen molar-refractivity contribution in [1.29, 1.82) is 0 Å². The molecular formula is C11H20N2O. The Morgan fingerprint density at radius 1 is 1.36 bits per heavy atom. The van der Waals surface area contributed by atoms with Crippen molar-refractivity contribution in [3.05, 3.63) is 0 Å². The molecule has 2 aliphatic rings. The molecule has 1 amide bonds. The molecular weight excluding hydrogens is 176 g/mol. The van der Waals surface area contributed by atoms with Crippen molar-refractivity contribution in [2.75, 3.05) is 19.6 Å². The Kier molecular flexibility index (Phi) is 2.11. The van der Waals surface area contributed by atoms with Crippen molar-refractivity contribution in [1.82, 2.24) is 4.90 Å². The number of hydrogen-bond donors (Lipinski definition) is 1. The number of rotatable bonds is 1. The Bertz CT molecular complexity index is 245. The molecule has 0 aromatic carbocycles. The van der Waals surface area contributed by atoms with E-state index in [1.165, 1.54) is 0 Å². The van der Waals surface area contributed by atoms with Crippen molar-refractivity contribution in [2.24, 2.45) is 28.9 Å². The van der Waals surface area contributed by atoms with Gasteiger partial charge in [-0.05, 0) is 24.3 Å². The fourth-order valence-electron chi connectivity index (χ4n) is 2.64. The van der Waals surface area contributed by atoms with E-state index in [0.717, 1.165) is 19.6 Å². The normalized spacial score (nSPS) is 35.7. The predicted molar refractivity (Wildman–Crippen MR) is 55.6 cm³/mol. The molecule has 0 aromatic rings. The van der Waals surface area contributed by atoms with Gasteiger partial charge in [-0.3, -0.25) is 4.79 Å². The van der Waals surface area contributed by atoms with Crippen LogP contribution in [0.1, 0.15) is 20.8 Å². The molecule has 1 heterocycles. The second-order valence-corrected chi connectivity index (χ2v) is 5.69. The van der Waals surface area contributed by atoms with Crippen LogP contribution < -0.4 is 5.73 Å². The van der Waals surface area contributed by atoms with Crippen molar-refractivity contribution >= 4 is 5.91 Å². The van der Waals surface area contributed by atoms with Gasteiger partial charge in [0.25, 0.3) is 0 Å². The van der Waals surface area contributed by atoms with Crippen LogP contribution in [-0.4, -0.2) is 30.4 Å². The minimum absolute atomic E-state index is 0.227. The molecule has 1 aliphatic carbocycles. The van der Waals surface area contributed by atoms with Crippen molar-refractivity contribution in [2.45, 2.75) is 20.8 Å². The molecule has 2 N–H and O–H groups in total. The van der Waals surface area contributed by atoms with E-state index in [2.05, 4.69) is 0 Å². The van der Waals surface area contributed by atoms with Crippen LogP contribution in [0.3, 0.4) is 0 Å². The van der Waals surface area contributed by atoms with Crippen LogP contribution >= 0.6 is 0 Å². The van der Waals surface area contributed by atoms with Gasteiger partial charge in [-0.2, -0.15) is 0 Å². The number of nitrogens with zero attached hydrogens (tertiary/aromatic N) is 1. The number of nitrogens with two attached hydrogens (primary N) is 1. The third-order valence-electron chi connectivity index (χ3n) is 3.57. The van der Waals surface area contributed by atoms with Crippen LogP contribution in [0.4, 0.5) is 0 Å². The van der Waals surface area contributed by atoms with Gasteiger partial charge in [0.15, 0.2) is 0 Å². The first-order valence-corrected chi connectivity index (χ1v) is 5.44. The SMILES string of the molecule is CC(C)(C)C(=O)N1CC2C(CN)C2C1. The summed E-state index contributed by atoms with van der Waals surface area (Å²) in [5, 5.41) is 0. The quantitative estimate of drug-likeness (QED) is 0.671. The Labute approximate surface area is 85.6 Å². The van der Waals surface area contributed by atoms with Gasteiger partial charge >= 0.3 is 0 Å². The average molecular weight is 196 g/mol. The zero-order chi connectivity index (χ0) is 10.5. The Morgan fingerprint density at radius 3 is 2.21 bits per heavy atom. The lowest BCUT2D eigenvalue weighted by molar-refractivity contribution is -0.139. The number of piperidine rings is 1. The first-order valence-electron chi connectivity index (χ1n) is 5.44. The van der Waals surface area contributed by atoms with Gasteiger partial charge in [-0.25, -0.2) is 0 Å². The minimum atomic E-state index is -0.227. The van der Waals surface area contributed by atoms with E-state index in [0.29, 0.717) is 23.7 Å². The second kappa shape index (κ2) is 2.96. The zero-order valence-electron chi connectivity index (χ0n) is 9.29. The van der Waals surface area contributed by atoms with Gasteiger partial charge in [0.1, 0.15) is 0 Å². The van der Waals surface area contributed by atoms with Gasteiger partial charge in [0.05, 0.1) is 0 Å². The number of fused-ring (bicyclic) bond motifs is 1. The molecule has 0 spiro atoms. The summed E-state index contributed by atoms with van der Waals surface area (Å²) in [4.78, 5) is 13.9. The Hall–Kier alpha value is -0.570. The summed E-state index contributed by atoms with van der Waals surface area (Å²) in [5.74, 6) is 2.43. The van der Waals surface area contributed by atoms with E-state index in [9.17, 15) is 4.79 Å². The summed E-state index contributed by atoms with van der Waals surface area (Å²) in [5.41, 5.74) is 5.40. The summed E-state index contributed by atoms with van der Waals surface area (Å²) in [6.45, 7) is 8.65.